The molecule has 0 heterocycles. The van der Waals surface area contributed by atoms with Crippen LogP contribution < -0.4 is 26.0 Å². The van der Waals surface area contributed by atoms with Crippen LogP contribution in [0.5, 0.6) is 11.5 Å². The lowest BCUT2D eigenvalue weighted by molar-refractivity contribution is -0.128. The number of carbonyl (C=O) groups is 4. The van der Waals surface area contributed by atoms with E-state index in [1.807, 2.05) is 82.3 Å². The van der Waals surface area contributed by atoms with E-state index in [1.54, 1.807) is 12.1 Å². The summed E-state index contributed by atoms with van der Waals surface area (Å²) in [5.41, 5.74) is 3.11. The van der Waals surface area contributed by atoms with E-state index in [9.17, 15) is 24.3 Å². The Bertz CT molecular complexity index is 1530. The molecule has 2 atom stereocenters. The third-order valence-corrected chi connectivity index (χ3v) is 7.81. The summed E-state index contributed by atoms with van der Waals surface area (Å²) in [4.78, 5) is 47.5. The van der Waals surface area contributed by atoms with E-state index >= 15 is 0 Å². The van der Waals surface area contributed by atoms with Gasteiger partial charge in [-0.3, -0.25) is 14.4 Å². The van der Waals surface area contributed by atoms with E-state index in [2.05, 4.69) is 38.6 Å². The van der Waals surface area contributed by atoms with Gasteiger partial charge in [-0.1, -0.05) is 66.2 Å². The maximum atomic E-state index is 12.5. The van der Waals surface area contributed by atoms with Crippen molar-refractivity contribution in [3.63, 3.8) is 0 Å². The van der Waals surface area contributed by atoms with Gasteiger partial charge < -0.3 is 35.8 Å². The highest BCUT2D eigenvalue weighted by molar-refractivity contribution is 7.80. The lowest BCUT2D eigenvalue weighted by atomic mass is 10.1. The first-order chi connectivity index (χ1) is 24.2. The lowest BCUT2D eigenvalue weighted by Gasteiger charge is -2.21. The lowest BCUT2D eigenvalue weighted by Crippen LogP contribution is -2.48. The Hall–Kier alpha value is -4.55. The summed E-state index contributed by atoms with van der Waals surface area (Å²) in [6, 6.07) is 21.7. The molecule has 0 radical (unpaired) electrons. The Balaban J connectivity index is 0.000000444. The number of hydrogen-bond donors (Lipinski definition) is 6. The number of phenolic OH excluding ortho intramolecular Hbond substituents is 1. The highest BCUT2D eigenvalue weighted by atomic mass is 32.1. The Labute approximate surface area is 307 Å². The molecule has 51 heavy (non-hydrogen) atoms. The molecule has 3 amide bonds. The monoisotopic (exact) mass is 722 g/mol. The van der Waals surface area contributed by atoms with Gasteiger partial charge in [-0.15, -0.1) is 0 Å². The predicted octanol–water partition coefficient (Wildman–Crippen LogP) is 5.06. The van der Waals surface area contributed by atoms with Gasteiger partial charge in [0.25, 0.3) is 0 Å². The standard InChI is InChI=1S/C25H33N3O6.C14H21NOS/c1-18(29)28-20(17-19-9-4-3-5-10-19)24(31)27-15-14-26-13-6-7-16-34-22-12-8-11-21(30)23(22)25(32)33-2;1-10-5-7-11(8-6-10)12(17)9-13(16)15-14(2,3)4/h3-5,8-12,20,26,30H,6-7,13-17H2,1-2H3,(H,27,31)(H,28,29);5-8,12,17H,9H2,1-4H3,(H,15,16)/t20-;/m0./s1. The van der Waals surface area contributed by atoms with Gasteiger partial charge in [0.1, 0.15) is 23.1 Å². The van der Waals surface area contributed by atoms with Gasteiger partial charge in [0.2, 0.25) is 17.7 Å². The molecule has 5 N–H and O–H groups in total. The molecule has 3 aromatic carbocycles. The fourth-order valence-corrected chi connectivity index (χ4v) is 5.20. The first-order valence-electron chi connectivity index (χ1n) is 17.1. The third kappa shape index (κ3) is 17.3. The zero-order valence-electron chi connectivity index (χ0n) is 30.6. The van der Waals surface area contributed by atoms with Gasteiger partial charge in [-0.25, -0.2) is 4.79 Å². The van der Waals surface area contributed by atoms with E-state index in [1.165, 1.54) is 25.7 Å². The van der Waals surface area contributed by atoms with Crippen LogP contribution in [0.4, 0.5) is 0 Å². The zero-order valence-corrected chi connectivity index (χ0v) is 31.5. The average Bonchev–Trinajstić information content (AvgIpc) is 3.06. The van der Waals surface area contributed by atoms with Gasteiger partial charge in [0, 0.05) is 43.6 Å². The van der Waals surface area contributed by atoms with Crippen LogP contribution in [0.2, 0.25) is 0 Å². The fraction of sp³-hybridized carbons (Fsp3) is 0.436. The molecule has 0 aliphatic heterocycles. The molecule has 0 spiro atoms. The smallest absolute Gasteiger partial charge is 0.345 e. The van der Waals surface area contributed by atoms with E-state index in [-0.39, 0.29) is 45.6 Å². The number of aryl methyl sites for hydroxylation is 1. The number of unbranched alkanes of at least 4 members (excludes halogenated alkanes) is 1. The molecule has 3 aromatic rings. The summed E-state index contributed by atoms with van der Waals surface area (Å²) in [6.07, 6.45) is 2.39. The first kappa shape index (κ1) is 42.6. The van der Waals surface area contributed by atoms with E-state index in [0.29, 0.717) is 32.5 Å². The van der Waals surface area contributed by atoms with Crippen LogP contribution >= 0.6 is 12.6 Å². The molecule has 0 aliphatic rings. The summed E-state index contributed by atoms with van der Waals surface area (Å²) in [7, 11) is 1.25. The molecular formula is C39H54N4O7S. The van der Waals surface area contributed by atoms with Gasteiger partial charge in [0.15, 0.2) is 0 Å². The molecule has 278 valence electrons. The zero-order chi connectivity index (χ0) is 37.8. The number of nitrogens with one attached hydrogen (secondary N) is 4. The second kappa shape index (κ2) is 22.3. The van der Waals surface area contributed by atoms with Crippen LogP contribution in [0.25, 0.3) is 0 Å². The second-order valence-corrected chi connectivity index (χ2v) is 13.7. The summed E-state index contributed by atoms with van der Waals surface area (Å²) in [5.74, 6) is -0.980. The number of hydrogen-bond acceptors (Lipinski definition) is 9. The van der Waals surface area contributed by atoms with Crippen molar-refractivity contribution in [2.75, 3.05) is 33.4 Å². The van der Waals surface area contributed by atoms with Gasteiger partial charge in [0.05, 0.1) is 13.7 Å². The molecule has 0 saturated carbocycles. The normalized spacial score (nSPS) is 12.0. The van der Waals surface area contributed by atoms with Gasteiger partial charge in [-0.2, -0.15) is 12.6 Å². The maximum absolute atomic E-state index is 12.5. The number of amides is 3. The molecule has 11 nitrogen and oxygen atoms in total. The Kier molecular flexibility index (Phi) is 18.6. The van der Waals surface area contributed by atoms with Crippen LogP contribution in [0.3, 0.4) is 0 Å². The van der Waals surface area contributed by atoms with Crippen molar-refractivity contribution in [3.8, 4) is 11.5 Å². The Morgan fingerprint density at radius 1 is 0.882 bits per heavy atom. The SMILES string of the molecule is COC(=O)c1c(O)cccc1OCCCCNCCNC(=O)[C@H](Cc1ccccc1)NC(C)=O.Cc1ccc(C(S)CC(=O)NC(C)(C)C)cc1. The molecule has 0 saturated heterocycles. The highest BCUT2D eigenvalue weighted by Gasteiger charge is 2.20. The van der Waals surface area contributed by atoms with Crippen molar-refractivity contribution in [3.05, 3.63) is 95.1 Å². The Morgan fingerprint density at radius 2 is 1.57 bits per heavy atom. The number of methoxy groups -OCH3 is 1. The largest absolute Gasteiger partial charge is 0.507 e. The second-order valence-electron chi connectivity index (χ2n) is 13.1. The minimum atomic E-state index is -0.652. The predicted molar refractivity (Wildman–Crippen MR) is 203 cm³/mol. The third-order valence-electron chi connectivity index (χ3n) is 7.33. The Morgan fingerprint density at radius 3 is 2.20 bits per heavy atom. The molecule has 3 rings (SSSR count). The van der Waals surface area contributed by atoms with Crippen molar-refractivity contribution < 1.29 is 33.8 Å². The highest BCUT2D eigenvalue weighted by Crippen LogP contribution is 2.28. The van der Waals surface area contributed by atoms with Crippen molar-refractivity contribution in [1.29, 1.82) is 0 Å². The first-order valence-corrected chi connectivity index (χ1v) is 17.6. The fourth-order valence-electron chi connectivity index (χ4n) is 4.86. The number of phenols is 1. The number of carbonyl (C=O) groups excluding carboxylic acids is 4. The summed E-state index contributed by atoms with van der Waals surface area (Å²) < 4.78 is 10.3. The number of esters is 1. The maximum Gasteiger partial charge on any atom is 0.345 e. The minimum absolute atomic E-state index is 0.0173. The summed E-state index contributed by atoms with van der Waals surface area (Å²) >= 11 is 4.48. The van der Waals surface area contributed by atoms with Crippen LogP contribution in [0.1, 0.15) is 79.3 Å². The van der Waals surface area contributed by atoms with Crippen LogP contribution in [0, 0.1) is 6.92 Å². The van der Waals surface area contributed by atoms with Crippen molar-refractivity contribution >= 4 is 36.3 Å². The number of ether oxygens (including phenoxy) is 2. The minimum Gasteiger partial charge on any atom is -0.507 e. The molecule has 0 bridgehead atoms. The van der Waals surface area contributed by atoms with Crippen LogP contribution in [-0.4, -0.2) is 73.7 Å². The number of aromatic hydroxyl groups is 1. The molecule has 0 aliphatic carbocycles. The van der Waals surface area contributed by atoms with Crippen molar-refractivity contribution in [2.45, 2.75) is 77.1 Å². The van der Waals surface area contributed by atoms with E-state index < -0.39 is 12.0 Å². The molecular weight excluding hydrogens is 669 g/mol. The van der Waals surface area contributed by atoms with E-state index in [0.717, 1.165) is 30.5 Å². The molecule has 12 heteroatoms. The molecule has 0 aromatic heterocycles. The van der Waals surface area contributed by atoms with Crippen molar-refractivity contribution in [2.24, 2.45) is 0 Å². The summed E-state index contributed by atoms with van der Waals surface area (Å²) in [5, 5.41) is 21.6. The van der Waals surface area contributed by atoms with Crippen LogP contribution in [-0.2, 0) is 25.5 Å². The molecule has 1 unspecified atom stereocenters. The number of benzene rings is 3. The summed E-state index contributed by atoms with van der Waals surface area (Å²) in [6.45, 7) is 11.5. The van der Waals surface area contributed by atoms with Crippen molar-refractivity contribution in [1.82, 2.24) is 21.3 Å². The van der Waals surface area contributed by atoms with Crippen LogP contribution in [0.15, 0.2) is 72.8 Å². The average molecular weight is 723 g/mol. The topological polar surface area (TPSA) is 155 Å². The van der Waals surface area contributed by atoms with Gasteiger partial charge >= 0.3 is 5.97 Å². The quantitative estimate of drug-likeness (QED) is 0.0642. The van der Waals surface area contributed by atoms with E-state index in [4.69, 9.17) is 4.74 Å². The number of thiol groups is 1. The number of rotatable bonds is 17. The molecule has 0 fully saturated rings. The van der Waals surface area contributed by atoms with Gasteiger partial charge in [-0.05, 0) is 70.3 Å².